The van der Waals surface area contributed by atoms with E-state index in [1.807, 2.05) is 12.1 Å². The summed E-state index contributed by atoms with van der Waals surface area (Å²) < 4.78 is 25.5. The van der Waals surface area contributed by atoms with Crippen LogP contribution in [0, 0.1) is 5.82 Å². The van der Waals surface area contributed by atoms with Gasteiger partial charge in [0.2, 0.25) is 0 Å². The van der Waals surface area contributed by atoms with Gasteiger partial charge in [-0.25, -0.2) is 9.40 Å². The van der Waals surface area contributed by atoms with Crippen molar-refractivity contribution in [3.05, 3.63) is 125 Å². The van der Waals surface area contributed by atoms with Crippen LogP contribution in [0.2, 0.25) is 0 Å². The maximum absolute atomic E-state index is 13.7. The van der Waals surface area contributed by atoms with E-state index >= 15 is 0 Å². The number of thioether (sulfide) groups is 1. The van der Waals surface area contributed by atoms with Gasteiger partial charge < -0.3 is 14.6 Å². The molecule has 0 radical (unpaired) electrons. The second-order valence-electron chi connectivity index (χ2n) is 8.97. The van der Waals surface area contributed by atoms with E-state index in [0.29, 0.717) is 33.2 Å². The summed E-state index contributed by atoms with van der Waals surface area (Å²) in [7, 11) is 1.51. The lowest BCUT2D eigenvalue weighted by Gasteiger charge is -2.24. The van der Waals surface area contributed by atoms with Gasteiger partial charge in [0, 0.05) is 16.7 Å². The quantitative estimate of drug-likeness (QED) is 0.247. The SMILES string of the molecule is COc1c(OCc2cccc(C(C)=O)c2)cccc1[C@H]1SC(c2ccc(F)cc2)=NN1C(=O)c1ccccc1O. The summed E-state index contributed by atoms with van der Waals surface area (Å²) >= 11 is 1.30. The number of carbonyl (C=O) groups excluding carboxylic acids is 2. The molecule has 40 heavy (non-hydrogen) atoms. The fraction of sp³-hybridized carbons (Fsp3) is 0.129. The fourth-order valence-corrected chi connectivity index (χ4v) is 5.45. The standard InChI is InChI=1S/C31H25FN2O5S/c1-19(35)22-8-5-7-20(17-22)18-39-27-12-6-10-25(28(27)38-2)31-34(30(37)24-9-3-4-11-26(24)36)33-29(40-31)21-13-15-23(32)16-14-21/h3-17,31,36H,18H2,1-2H3/t31-/m1/s1. The lowest BCUT2D eigenvalue weighted by molar-refractivity contribution is 0.0744. The smallest absolute Gasteiger partial charge is 0.279 e. The normalized spacial score (nSPS) is 14.5. The van der Waals surface area contributed by atoms with E-state index in [2.05, 4.69) is 5.10 Å². The van der Waals surface area contributed by atoms with Crippen LogP contribution >= 0.6 is 11.8 Å². The molecule has 1 N–H and O–H groups in total. The Bertz CT molecular complexity index is 1610. The van der Waals surface area contributed by atoms with Crippen molar-refractivity contribution in [1.82, 2.24) is 5.01 Å². The van der Waals surface area contributed by atoms with Gasteiger partial charge in [0.1, 0.15) is 28.6 Å². The van der Waals surface area contributed by atoms with Crippen molar-refractivity contribution in [2.24, 2.45) is 5.10 Å². The molecule has 1 amide bonds. The number of carbonyl (C=O) groups is 2. The van der Waals surface area contributed by atoms with Gasteiger partial charge in [-0.05, 0) is 61.0 Å². The number of halogens is 1. The summed E-state index contributed by atoms with van der Waals surface area (Å²) in [6.45, 7) is 1.70. The van der Waals surface area contributed by atoms with Crippen molar-refractivity contribution in [3.8, 4) is 17.2 Å². The molecule has 4 aromatic rings. The molecule has 1 heterocycles. The van der Waals surface area contributed by atoms with Gasteiger partial charge in [-0.1, -0.05) is 54.2 Å². The molecular weight excluding hydrogens is 531 g/mol. The molecule has 0 aliphatic carbocycles. The van der Waals surface area contributed by atoms with Crippen LogP contribution in [0.5, 0.6) is 17.2 Å². The third-order valence-corrected chi connectivity index (χ3v) is 7.50. The molecule has 0 spiro atoms. The third-order valence-electron chi connectivity index (χ3n) is 6.29. The molecule has 0 saturated carbocycles. The van der Waals surface area contributed by atoms with Crippen molar-refractivity contribution < 1.29 is 28.6 Å². The number of phenols is 1. The van der Waals surface area contributed by atoms with Crippen molar-refractivity contribution in [1.29, 1.82) is 0 Å². The first-order chi connectivity index (χ1) is 19.4. The fourth-order valence-electron chi connectivity index (χ4n) is 4.27. The van der Waals surface area contributed by atoms with E-state index in [1.54, 1.807) is 54.6 Å². The number of amides is 1. The average molecular weight is 557 g/mol. The number of hydrogen-bond acceptors (Lipinski definition) is 7. The van der Waals surface area contributed by atoms with Gasteiger partial charge in [0.05, 0.1) is 12.7 Å². The summed E-state index contributed by atoms with van der Waals surface area (Å²) in [6.07, 6.45) is 0. The Balaban J connectivity index is 1.50. The minimum absolute atomic E-state index is 0.0362. The Morgan fingerprint density at radius 1 is 1.00 bits per heavy atom. The number of phenolic OH excluding ortho intramolecular Hbond substituents is 1. The third kappa shape index (κ3) is 5.55. The lowest BCUT2D eigenvalue weighted by Crippen LogP contribution is -2.26. The Hall–Kier alpha value is -4.63. The zero-order valence-electron chi connectivity index (χ0n) is 21.7. The van der Waals surface area contributed by atoms with E-state index in [4.69, 9.17) is 9.47 Å². The van der Waals surface area contributed by atoms with E-state index in [1.165, 1.54) is 55.1 Å². The summed E-state index contributed by atoms with van der Waals surface area (Å²) in [5.41, 5.74) is 2.75. The number of hydrazone groups is 1. The first-order valence-corrected chi connectivity index (χ1v) is 13.3. The van der Waals surface area contributed by atoms with E-state index in [9.17, 15) is 19.1 Å². The van der Waals surface area contributed by atoms with E-state index in [0.717, 1.165) is 5.56 Å². The number of nitrogens with zero attached hydrogens (tertiary/aromatic N) is 2. The molecular formula is C31H25FN2O5S. The molecule has 1 atom stereocenters. The largest absolute Gasteiger partial charge is 0.507 e. The Morgan fingerprint density at radius 2 is 1.75 bits per heavy atom. The lowest BCUT2D eigenvalue weighted by atomic mass is 10.1. The zero-order chi connectivity index (χ0) is 28.2. The molecule has 1 aliphatic rings. The van der Waals surface area contributed by atoms with Crippen LogP contribution in [0.1, 0.15) is 49.7 Å². The number of ketones is 1. The highest BCUT2D eigenvalue weighted by molar-refractivity contribution is 8.14. The second kappa shape index (κ2) is 11.6. The maximum atomic E-state index is 13.7. The average Bonchev–Trinajstić information content (AvgIpc) is 3.41. The number of Topliss-reactive ketones (excluding diaryl/α,β-unsaturated/α-hetero) is 1. The molecule has 9 heteroatoms. The van der Waals surface area contributed by atoms with Crippen molar-refractivity contribution in [3.63, 3.8) is 0 Å². The summed E-state index contributed by atoms with van der Waals surface area (Å²) in [5.74, 6) is -0.245. The van der Waals surface area contributed by atoms with Crippen LogP contribution in [0.3, 0.4) is 0 Å². The van der Waals surface area contributed by atoms with Gasteiger partial charge in [-0.3, -0.25) is 9.59 Å². The van der Waals surface area contributed by atoms with Crippen molar-refractivity contribution in [2.75, 3.05) is 7.11 Å². The summed E-state index contributed by atoms with van der Waals surface area (Å²) in [6, 6.07) is 24.7. The zero-order valence-corrected chi connectivity index (χ0v) is 22.5. The predicted molar refractivity (Wildman–Crippen MR) is 151 cm³/mol. The van der Waals surface area contributed by atoms with Crippen LogP contribution in [-0.4, -0.2) is 34.0 Å². The number of methoxy groups -OCH3 is 1. The van der Waals surface area contributed by atoms with Gasteiger partial charge in [-0.2, -0.15) is 5.10 Å². The van der Waals surface area contributed by atoms with Crippen LogP contribution in [-0.2, 0) is 6.61 Å². The summed E-state index contributed by atoms with van der Waals surface area (Å²) in [4.78, 5) is 25.4. The van der Waals surface area contributed by atoms with Gasteiger partial charge in [0.25, 0.3) is 5.91 Å². The molecule has 4 aromatic carbocycles. The van der Waals surface area contributed by atoms with Gasteiger partial charge in [0.15, 0.2) is 17.3 Å². The van der Waals surface area contributed by atoms with Crippen molar-refractivity contribution >= 4 is 28.5 Å². The maximum Gasteiger partial charge on any atom is 0.279 e. The molecule has 5 rings (SSSR count). The number of para-hydroxylation sites is 2. The number of rotatable bonds is 8. The first kappa shape index (κ1) is 27.0. The van der Waals surface area contributed by atoms with Gasteiger partial charge in [-0.15, -0.1) is 0 Å². The topological polar surface area (TPSA) is 88.4 Å². The molecule has 1 aliphatic heterocycles. The van der Waals surface area contributed by atoms with E-state index < -0.39 is 11.3 Å². The monoisotopic (exact) mass is 556 g/mol. The summed E-state index contributed by atoms with van der Waals surface area (Å²) in [5, 5.41) is 16.1. The highest BCUT2D eigenvalue weighted by atomic mass is 32.2. The molecule has 0 fully saturated rings. The van der Waals surface area contributed by atoms with Crippen LogP contribution in [0.25, 0.3) is 0 Å². The Morgan fingerprint density at radius 3 is 2.48 bits per heavy atom. The number of ether oxygens (including phenoxy) is 2. The highest BCUT2D eigenvalue weighted by Crippen LogP contribution is 2.48. The molecule has 0 aromatic heterocycles. The number of benzene rings is 4. The first-order valence-electron chi connectivity index (χ1n) is 12.4. The minimum Gasteiger partial charge on any atom is -0.507 e. The van der Waals surface area contributed by atoms with Gasteiger partial charge >= 0.3 is 0 Å². The number of aromatic hydroxyl groups is 1. The van der Waals surface area contributed by atoms with E-state index in [-0.39, 0.29) is 29.5 Å². The molecule has 0 saturated heterocycles. The highest BCUT2D eigenvalue weighted by Gasteiger charge is 2.37. The van der Waals surface area contributed by atoms with Crippen LogP contribution < -0.4 is 9.47 Å². The Kier molecular flexibility index (Phi) is 7.84. The molecule has 0 bridgehead atoms. The molecule has 0 unspecified atom stereocenters. The van der Waals surface area contributed by atoms with Crippen molar-refractivity contribution in [2.45, 2.75) is 18.9 Å². The van der Waals surface area contributed by atoms with Crippen LogP contribution in [0.15, 0.2) is 96.1 Å². The minimum atomic E-state index is -0.674. The molecule has 7 nitrogen and oxygen atoms in total. The predicted octanol–water partition coefficient (Wildman–Crippen LogP) is 6.57. The molecule has 202 valence electrons. The number of hydrogen-bond donors (Lipinski definition) is 1. The van der Waals surface area contributed by atoms with Crippen LogP contribution in [0.4, 0.5) is 4.39 Å². The second-order valence-corrected chi connectivity index (χ2v) is 10.0. The Labute approximate surface area is 234 Å².